The Morgan fingerprint density at radius 3 is 1.87 bits per heavy atom. The van der Waals surface area contributed by atoms with Crippen molar-refractivity contribution in [3.63, 3.8) is 0 Å². The highest BCUT2D eigenvalue weighted by molar-refractivity contribution is 5.94. The Morgan fingerprint density at radius 2 is 1.36 bits per heavy atom. The number of aromatic amines is 1. The predicted molar refractivity (Wildman–Crippen MR) is 141 cm³/mol. The number of imidazole rings is 1. The van der Waals surface area contributed by atoms with Gasteiger partial charge in [0.05, 0.1) is 12.4 Å². The smallest absolute Gasteiger partial charge is 0.326 e. The van der Waals surface area contributed by atoms with Crippen molar-refractivity contribution in [2.45, 2.75) is 50.4 Å². The van der Waals surface area contributed by atoms with Crippen molar-refractivity contribution in [3.05, 3.63) is 83.9 Å². The first-order valence-corrected chi connectivity index (χ1v) is 12.3. The number of benzene rings is 2. The van der Waals surface area contributed by atoms with Crippen LogP contribution < -0.4 is 21.7 Å². The minimum Gasteiger partial charge on any atom is -0.508 e. The van der Waals surface area contributed by atoms with Gasteiger partial charge in [-0.25, -0.2) is 9.78 Å². The molecule has 1 aromatic heterocycles. The quantitative estimate of drug-likeness (QED) is 0.159. The summed E-state index contributed by atoms with van der Waals surface area (Å²) < 4.78 is 0. The monoisotopic (exact) mass is 536 g/mol. The van der Waals surface area contributed by atoms with Crippen molar-refractivity contribution < 1.29 is 29.4 Å². The van der Waals surface area contributed by atoms with Gasteiger partial charge in [-0.1, -0.05) is 42.5 Å². The number of hydrogen-bond acceptors (Lipinski definition) is 7. The number of carboxylic acids is 1. The molecule has 0 radical (unpaired) electrons. The average Bonchev–Trinajstić information content (AvgIpc) is 3.42. The van der Waals surface area contributed by atoms with E-state index in [4.69, 9.17) is 5.73 Å². The Kier molecular flexibility index (Phi) is 10.2. The van der Waals surface area contributed by atoms with E-state index < -0.39 is 47.9 Å². The number of carboxylic acid groups (broad SMARTS) is 1. The summed E-state index contributed by atoms with van der Waals surface area (Å²) in [7, 11) is 0. The third-order valence-corrected chi connectivity index (χ3v) is 5.93. The molecule has 0 aliphatic rings. The van der Waals surface area contributed by atoms with Gasteiger partial charge in [0.1, 0.15) is 23.9 Å². The number of H-pyrrole nitrogens is 1. The summed E-state index contributed by atoms with van der Waals surface area (Å²) in [6, 6.07) is 10.6. The lowest BCUT2D eigenvalue weighted by Crippen LogP contribution is -2.58. The Hall–Kier alpha value is -4.71. The summed E-state index contributed by atoms with van der Waals surface area (Å²) in [5.41, 5.74) is 7.57. The fourth-order valence-corrected chi connectivity index (χ4v) is 3.80. The van der Waals surface area contributed by atoms with Crippen molar-refractivity contribution >= 4 is 23.7 Å². The molecule has 206 valence electrons. The molecule has 12 heteroatoms. The predicted octanol–water partition coefficient (Wildman–Crippen LogP) is 0.0294. The number of rotatable bonds is 13. The van der Waals surface area contributed by atoms with Crippen molar-refractivity contribution in [3.8, 4) is 5.75 Å². The largest absolute Gasteiger partial charge is 0.508 e. The van der Waals surface area contributed by atoms with Crippen LogP contribution in [0, 0.1) is 0 Å². The second-order valence-electron chi connectivity index (χ2n) is 9.15. The van der Waals surface area contributed by atoms with Crippen LogP contribution in [-0.4, -0.2) is 68.0 Å². The summed E-state index contributed by atoms with van der Waals surface area (Å²) >= 11 is 0. The lowest BCUT2D eigenvalue weighted by atomic mass is 10.0. The molecule has 39 heavy (non-hydrogen) atoms. The number of aromatic hydroxyl groups is 1. The molecule has 3 amide bonds. The van der Waals surface area contributed by atoms with Gasteiger partial charge < -0.3 is 36.9 Å². The van der Waals surface area contributed by atoms with Gasteiger partial charge in [0, 0.05) is 31.2 Å². The minimum absolute atomic E-state index is 0.0407. The molecule has 4 unspecified atom stereocenters. The molecule has 0 aliphatic heterocycles. The molecule has 0 bridgehead atoms. The second kappa shape index (κ2) is 13.7. The van der Waals surface area contributed by atoms with Gasteiger partial charge in [0.2, 0.25) is 17.7 Å². The number of carbonyl (C=O) groups is 4. The number of aromatic nitrogens is 2. The van der Waals surface area contributed by atoms with E-state index in [1.54, 1.807) is 42.5 Å². The number of nitrogens with two attached hydrogens (primary N) is 1. The number of carbonyl (C=O) groups excluding carboxylic acids is 3. The van der Waals surface area contributed by atoms with E-state index in [0.717, 1.165) is 5.56 Å². The molecule has 2 aromatic carbocycles. The van der Waals surface area contributed by atoms with Crippen LogP contribution in [0.5, 0.6) is 5.75 Å². The summed E-state index contributed by atoms with van der Waals surface area (Å²) in [5.74, 6) is -3.14. The molecular weight excluding hydrogens is 504 g/mol. The summed E-state index contributed by atoms with van der Waals surface area (Å²) in [5, 5.41) is 27.0. The van der Waals surface area contributed by atoms with Crippen molar-refractivity contribution in [1.29, 1.82) is 0 Å². The Labute approximate surface area is 225 Å². The summed E-state index contributed by atoms with van der Waals surface area (Å²) in [6.07, 6.45) is 2.95. The molecule has 8 N–H and O–H groups in total. The Morgan fingerprint density at radius 1 is 0.821 bits per heavy atom. The summed E-state index contributed by atoms with van der Waals surface area (Å²) in [4.78, 5) is 57.7. The van der Waals surface area contributed by atoms with Crippen LogP contribution in [0.2, 0.25) is 0 Å². The highest BCUT2D eigenvalue weighted by atomic mass is 16.4. The second-order valence-corrected chi connectivity index (χ2v) is 9.15. The number of phenolic OH excluding ortho intramolecular Hbond substituents is 1. The number of amides is 3. The molecule has 0 fully saturated rings. The normalized spacial score (nSPS) is 13.9. The van der Waals surface area contributed by atoms with Crippen molar-refractivity contribution in [2.24, 2.45) is 5.73 Å². The van der Waals surface area contributed by atoms with Gasteiger partial charge >= 0.3 is 5.97 Å². The van der Waals surface area contributed by atoms with Gasteiger partial charge in [0.15, 0.2) is 0 Å². The minimum atomic E-state index is -1.28. The molecule has 1 heterocycles. The van der Waals surface area contributed by atoms with Crippen LogP contribution in [0.25, 0.3) is 0 Å². The van der Waals surface area contributed by atoms with E-state index in [1.807, 2.05) is 0 Å². The Balaban J connectivity index is 1.82. The maximum absolute atomic E-state index is 13.4. The molecule has 0 saturated carbocycles. The van der Waals surface area contributed by atoms with Crippen LogP contribution in [0.3, 0.4) is 0 Å². The van der Waals surface area contributed by atoms with Crippen molar-refractivity contribution in [1.82, 2.24) is 25.9 Å². The molecular formula is C27H32N6O6. The molecule has 4 atom stereocenters. The third kappa shape index (κ3) is 8.97. The molecule has 0 saturated heterocycles. The first kappa shape index (κ1) is 28.9. The first-order valence-electron chi connectivity index (χ1n) is 12.3. The van der Waals surface area contributed by atoms with Gasteiger partial charge in [-0.3, -0.25) is 14.4 Å². The average molecular weight is 537 g/mol. The third-order valence-electron chi connectivity index (χ3n) is 5.93. The molecule has 3 rings (SSSR count). The number of nitrogens with one attached hydrogen (secondary N) is 4. The lowest BCUT2D eigenvalue weighted by Gasteiger charge is -2.25. The SMILES string of the molecule is CC(N)C(=O)NC(Cc1ccc(O)cc1)C(=O)NC(Cc1ccccc1)C(=O)NC(Cc1cnc[nH]1)C(=O)O. The van der Waals surface area contributed by atoms with Crippen LogP contribution >= 0.6 is 0 Å². The van der Waals surface area contributed by atoms with Crippen molar-refractivity contribution in [2.75, 3.05) is 0 Å². The van der Waals surface area contributed by atoms with E-state index in [-0.39, 0.29) is 25.0 Å². The van der Waals surface area contributed by atoms with Gasteiger partial charge in [0.25, 0.3) is 0 Å². The standard InChI is InChI=1S/C27H32N6O6/c1-16(28)24(35)31-21(12-18-7-9-20(34)10-8-18)25(36)32-22(11-17-5-3-2-4-6-17)26(37)33-23(27(38)39)13-19-14-29-15-30-19/h2-10,14-16,21-23,34H,11-13,28H2,1H3,(H,29,30)(H,31,35)(H,32,36)(H,33,37)(H,38,39). The zero-order valence-corrected chi connectivity index (χ0v) is 21.3. The topological polar surface area (TPSA) is 200 Å². The van der Waals surface area contributed by atoms with Gasteiger partial charge in [-0.2, -0.15) is 0 Å². The highest BCUT2D eigenvalue weighted by Crippen LogP contribution is 2.12. The van der Waals surface area contributed by atoms with E-state index in [9.17, 15) is 29.4 Å². The first-order chi connectivity index (χ1) is 18.6. The zero-order valence-electron chi connectivity index (χ0n) is 21.3. The fraction of sp³-hybridized carbons (Fsp3) is 0.296. The van der Waals surface area contributed by atoms with E-state index in [2.05, 4.69) is 25.9 Å². The van der Waals surface area contributed by atoms with Crippen LogP contribution in [0.1, 0.15) is 23.7 Å². The van der Waals surface area contributed by atoms with Gasteiger partial charge in [-0.15, -0.1) is 0 Å². The lowest BCUT2D eigenvalue weighted by molar-refractivity contribution is -0.142. The fourth-order valence-electron chi connectivity index (χ4n) is 3.80. The summed E-state index contributed by atoms with van der Waals surface area (Å²) in [6.45, 7) is 1.47. The van der Waals surface area contributed by atoms with E-state index in [1.165, 1.54) is 31.6 Å². The molecule has 3 aromatic rings. The van der Waals surface area contributed by atoms with Crippen LogP contribution in [0.15, 0.2) is 67.1 Å². The highest BCUT2D eigenvalue weighted by Gasteiger charge is 2.30. The number of hydrogen-bond donors (Lipinski definition) is 7. The van der Waals surface area contributed by atoms with E-state index in [0.29, 0.717) is 11.3 Å². The number of aliphatic carboxylic acids is 1. The number of phenols is 1. The van der Waals surface area contributed by atoms with Gasteiger partial charge in [-0.05, 0) is 30.2 Å². The van der Waals surface area contributed by atoms with Crippen LogP contribution in [-0.2, 0) is 38.4 Å². The molecule has 0 aliphatic carbocycles. The number of nitrogens with zero attached hydrogens (tertiary/aromatic N) is 1. The maximum Gasteiger partial charge on any atom is 0.326 e. The molecule has 0 spiro atoms. The molecule has 12 nitrogen and oxygen atoms in total. The van der Waals surface area contributed by atoms with Crippen LogP contribution in [0.4, 0.5) is 0 Å². The van der Waals surface area contributed by atoms with E-state index >= 15 is 0 Å². The zero-order chi connectivity index (χ0) is 28.4. The Bertz CT molecular complexity index is 1250. The maximum atomic E-state index is 13.4.